The van der Waals surface area contributed by atoms with Gasteiger partial charge in [-0.3, -0.25) is 0 Å². The third kappa shape index (κ3) is 3.21. The molecule has 0 aliphatic carbocycles. The van der Waals surface area contributed by atoms with Crippen LogP contribution in [0.15, 0.2) is 0 Å². The molecule has 0 amide bonds. The van der Waals surface area contributed by atoms with E-state index in [-0.39, 0.29) is 17.5 Å². The molecule has 4 heteroatoms. The maximum absolute atomic E-state index is 10.5. The zero-order valence-corrected chi connectivity index (χ0v) is 8.39. The van der Waals surface area contributed by atoms with Crippen molar-refractivity contribution in [1.82, 2.24) is 0 Å². The predicted octanol–water partition coefficient (Wildman–Crippen LogP) is 1.56. The third-order valence-corrected chi connectivity index (χ3v) is 2.78. The van der Waals surface area contributed by atoms with Crippen LogP contribution in [0.4, 0.5) is 0 Å². The molecule has 0 aromatic carbocycles. The Morgan fingerprint density at radius 3 is 2.83 bits per heavy atom. The van der Waals surface area contributed by atoms with Gasteiger partial charge in [0.05, 0.1) is 17.5 Å². The topological polar surface area (TPSA) is 46.5 Å². The third-order valence-electron chi connectivity index (χ3n) is 2.12. The van der Waals surface area contributed by atoms with Gasteiger partial charge in [-0.15, -0.1) is 0 Å². The van der Waals surface area contributed by atoms with Crippen molar-refractivity contribution in [1.29, 1.82) is 0 Å². The van der Waals surface area contributed by atoms with Gasteiger partial charge in [0, 0.05) is 0 Å². The van der Waals surface area contributed by atoms with Gasteiger partial charge in [0.2, 0.25) is 0 Å². The highest BCUT2D eigenvalue weighted by atomic mass is 32.2. The predicted molar refractivity (Wildman–Crippen MR) is 48.4 cm³/mol. The fourth-order valence-corrected chi connectivity index (χ4v) is 2.15. The zero-order valence-electron chi connectivity index (χ0n) is 7.58. The van der Waals surface area contributed by atoms with Gasteiger partial charge in [0.25, 0.3) is 0 Å². The van der Waals surface area contributed by atoms with Crippen LogP contribution in [0.25, 0.3) is 0 Å². The van der Waals surface area contributed by atoms with Crippen LogP contribution in [-0.2, 0) is 15.8 Å². The molecule has 3 nitrogen and oxygen atoms in total. The first-order valence-corrected chi connectivity index (χ1v) is 5.52. The quantitative estimate of drug-likeness (QED) is 0.675. The van der Waals surface area contributed by atoms with Gasteiger partial charge >= 0.3 is 0 Å². The van der Waals surface area contributed by atoms with Crippen LogP contribution in [-0.4, -0.2) is 26.2 Å². The van der Waals surface area contributed by atoms with E-state index in [2.05, 4.69) is 0 Å². The Bertz CT molecular complexity index is 179. The van der Waals surface area contributed by atoms with Crippen molar-refractivity contribution >= 4 is 11.1 Å². The number of hydrogen-bond donors (Lipinski definition) is 1. The van der Waals surface area contributed by atoms with Gasteiger partial charge in [-0.1, -0.05) is 0 Å². The summed E-state index contributed by atoms with van der Waals surface area (Å²) in [4.78, 5) is 0. The Balaban J connectivity index is 2.41. The molecule has 2 atom stereocenters. The standard InChI is InChI=1S/C8H16O3S/c1-8(2)5-3-4-7(11-8)6-12(9)10/h7H,3-6H2,1-2H3,(H,9,10). The zero-order chi connectivity index (χ0) is 9.19. The molecule has 1 heterocycles. The molecule has 1 fully saturated rings. The SMILES string of the molecule is CC1(C)CCCC(CS(=O)O)O1. The van der Waals surface area contributed by atoms with E-state index in [9.17, 15) is 4.21 Å². The second kappa shape index (κ2) is 3.85. The molecule has 1 aliphatic heterocycles. The minimum absolute atomic E-state index is 0.0282. The molecule has 0 aromatic heterocycles. The van der Waals surface area contributed by atoms with Crippen molar-refractivity contribution < 1.29 is 13.5 Å². The number of rotatable bonds is 2. The Hall–Kier alpha value is 0.0700. The molecular formula is C8H16O3S. The summed E-state index contributed by atoms with van der Waals surface area (Å²) in [5.41, 5.74) is -0.109. The molecule has 0 saturated carbocycles. The first-order valence-electron chi connectivity index (χ1n) is 4.25. The summed E-state index contributed by atoms with van der Waals surface area (Å²) in [5, 5.41) is 0. The molecule has 0 radical (unpaired) electrons. The van der Waals surface area contributed by atoms with E-state index in [0.717, 1.165) is 19.3 Å². The van der Waals surface area contributed by atoms with Crippen LogP contribution >= 0.6 is 0 Å². The maximum atomic E-state index is 10.5. The first-order chi connectivity index (χ1) is 5.49. The molecular weight excluding hydrogens is 176 g/mol. The minimum atomic E-state index is -1.72. The van der Waals surface area contributed by atoms with Gasteiger partial charge in [-0.05, 0) is 33.1 Å². The normalized spacial score (nSPS) is 31.4. The largest absolute Gasteiger partial charge is 0.371 e. The van der Waals surface area contributed by atoms with Crippen molar-refractivity contribution in [2.24, 2.45) is 0 Å². The van der Waals surface area contributed by atoms with Gasteiger partial charge in [-0.2, -0.15) is 0 Å². The average molecular weight is 192 g/mol. The lowest BCUT2D eigenvalue weighted by atomic mass is 9.96. The van der Waals surface area contributed by atoms with E-state index in [1.165, 1.54) is 0 Å². The van der Waals surface area contributed by atoms with Gasteiger partial charge in [0.15, 0.2) is 11.1 Å². The molecule has 0 bridgehead atoms. The Morgan fingerprint density at radius 1 is 1.67 bits per heavy atom. The summed E-state index contributed by atoms with van der Waals surface area (Å²) >= 11 is -1.72. The molecule has 1 N–H and O–H groups in total. The number of ether oxygens (including phenoxy) is 1. The molecule has 1 saturated heterocycles. The Kier molecular flexibility index (Phi) is 3.26. The lowest BCUT2D eigenvalue weighted by Crippen LogP contribution is -2.37. The molecule has 12 heavy (non-hydrogen) atoms. The maximum Gasteiger partial charge on any atom is 0.155 e. The summed E-state index contributed by atoms with van der Waals surface area (Å²) in [6.45, 7) is 4.05. The van der Waals surface area contributed by atoms with Crippen LogP contribution in [0.3, 0.4) is 0 Å². The van der Waals surface area contributed by atoms with Crippen molar-refractivity contribution in [3.05, 3.63) is 0 Å². The first kappa shape index (κ1) is 10.2. The van der Waals surface area contributed by atoms with E-state index >= 15 is 0 Å². The summed E-state index contributed by atoms with van der Waals surface area (Å²) in [7, 11) is 0. The van der Waals surface area contributed by atoms with E-state index in [0.29, 0.717) is 0 Å². The Morgan fingerprint density at radius 2 is 2.33 bits per heavy atom. The summed E-state index contributed by atoms with van der Waals surface area (Å²) in [6.07, 6.45) is 3.02. The van der Waals surface area contributed by atoms with Crippen LogP contribution < -0.4 is 0 Å². The smallest absolute Gasteiger partial charge is 0.155 e. The molecule has 1 rings (SSSR count). The highest BCUT2D eigenvalue weighted by Gasteiger charge is 2.29. The van der Waals surface area contributed by atoms with E-state index in [1.54, 1.807) is 0 Å². The fourth-order valence-electron chi connectivity index (χ4n) is 1.60. The van der Waals surface area contributed by atoms with Crippen molar-refractivity contribution in [3.63, 3.8) is 0 Å². The van der Waals surface area contributed by atoms with Crippen LogP contribution in [0.5, 0.6) is 0 Å². The average Bonchev–Trinajstić information content (AvgIpc) is 1.82. The molecule has 0 aromatic rings. The fraction of sp³-hybridized carbons (Fsp3) is 1.00. The minimum Gasteiger partial charge on any atom is -0.371 e. The van der Waals surface area contributed by atoms with Gasteiger partial charge in [0.1, 0.15) is 0 Å². The van der Waals surface area contributed by atoms with Crippen LogP contribution in [0.2, 0.25) is 0 Å². The van der Waals surface area contributed by atoms with E-state index < -0.39 is 11.1 Å². The van der Waals surface area contributed by atoms with E-state index in [1.807, 2.05) is 13.8 Å². The molecule has 0 spiro atoms. The molecule has 2 unspecified atom stereocenters. The molecule has 72 valence electrons. The van der Waals surface area contributed by atoms with E-state index in [4.69, 9.17) is 9.29 Å². The lowest BCUT2D eigenvalue weighted by Gasteiger charge is -2.35. The molecule has 1 aliphatic rings. The summed E-state index contributed by atoms with van der Waals surface area (Å²) in [6, 6.07) is 0. The second-order valence-electron chi connectivity index (χ2n) is 3.88. The second-order valence-corrected chi connectivity index (χ2v) is 4.86. The summed E-state index contributed by atoms with van der Waals surface area (Å²) < 4.78 is 24.8. The monoisotopic (exact) mass is 192 g/mol. The van der Waals surface area contributed by atoms with Crippen molar-refractivity contribution in [3.8, 4) is 0 Å². The van der Waals surface area contributed by atoms with Crippen molar-refractivity contribution in [2.75, 3.05) is 5.75 Å². The lowest BCUT2D eigenvalue weighted by molar-refractivity contribution is -0.0964. The van der Waals surface area contributed by atoms with Gasteiger partial charge in [-0.25, -0.2) is 4.21 Å². The van der Waals surface area contributed by atoms with Gasteiger partial charge < -0.3 is 9.29 Å². The summed E-state index contributed by atoms with van der Waals surface area (Å²) in [5.74, 6) is 0.253. The Labute approximate surface area is 75.8 Å². The van der Waals surface area contributed by atoms with Crippen LogP contribution in [0, 0.1) is 0 Å². The highest BCUT2D eigenvalue weighted by molar-refractivity contribution is 7.79. The van der Waals surface area contributed by atoms with Crippen molar-refractivity contribution in [2.45, 2.75) is 44.8 Å². The van der Waals surface area contributed by atoms with Crippen LogP contribution in [0.1, 0.15) is 33.1 Å². The highest BCUT2D eigenvalue weighted by Crippen LogP contribution is 2.27. The number of hydrogen-bond acceptors (Lipinski definition) is 2.